The number of rotatable bonds is 7. The van der Waals surface area contributed by atoms with E-state index < -0.39 is 41.7 Å². The molecule has 0 bridgehead atoms. The molecule has 4 rings (SSSR count). The maximum atomic E-state index is 13.5. The summed E-state index contributed by atoms with van der Waals surface area (Å²) in [6.45, 7) is 0. The number of aryl methyl sites for hydroxylation is 1. The summed E-state index contributed by atoms with van der Waals surface area (Å²) in [7, 11) is -9.22. The Labute approximate surface area is 224 Å². The summed E-state index contributed by atoms with van der Waals surface area (Å²) >= 11 is 0. The Hall–Kier alpha value is -3.46. The standard InChI is InChI=1S/C25H21F6NO6S2/c1-32-19-11-9-17(38-3)13-18(19)23-20(32)10-6-15(22(23)14-4-7-16(37-2)8-5-14)12-21(39(33,34)24(26,27)28)40(35,36)25(29,30)31/h4-11,13,21H,12H2,1-3H3. The van der Waals surface area contributed by atoms with E-state index in [0.29, 0.717) is 33.3 Å². The first kappa shape index (κ1) is 29.5. The largest absolute Gasteiger partial charge is 0.498 e. The molecule has 0 atom stereocenters. The van der Waals surface area contributed by atoms with Gasteiger partial charge in [0.2, 0.25) is 0 Å². The third-order valence-electron chi connectivity index (χ3n) is 6.57. The molecule has 0 N–H and O–H groups in total. The zero-order valence-corrected chi connectivity index (χ0v) is 22.6. The summed E-state index contributed by atoms with van der Waals surface area (Å²) in [4.78, 5) is 0. The molecule has 4 aromatic rings. The quantitative estimate of drug-likeness (QED) is 0.248. The van der Waals surface area contributed by atoms with Crippen molar-refractivity contribution in [3.05, 3.63) is 60.2 Å². The molecular formula is C25H21F6NO6S2. The minimum atomic E-state index is -6.84. The van der Waals surface area contributed by atoms with E-state index in [4.69, 9.17) is 9.47 Å². The second-order valence-electron chi connectivity index (χ2n) is 8.78. The summed E-state index contributed by atoms with van der Waals surface area (Å²) in [6.07, 6.45) is -1.62. The zero-order chi connectivity index (χ0) is 29.8. The van der Waals surface area contributed by atoms with Crippen molar-refractivity contribution in [2.24, 2.45) is 7.05 Å². The van der Waals surface area contributed by atoms with Crippen LogP contribution in [0.2, 0.25) is 0 Å². The third-order valence-corrected chi connectivity index (χ3v) is 11.1. The fraction of sp³-hybridized carbons (Fsp3) is 0.280. The van der Waals surface area contributed by atoms with Crippen LogP contribution in [0.3, 0.4) is 0 Å². The first-order chi connectivity index (χ1) is 18.5. The first-order valence-corrected chi connectivity index (χ1v) is 14.4. The molecule has 0 radical (unpaired) electrons. The van der Waals surface area contributed by atoms with Crippen molar-refractivity contribution >= 4 is 41.5 Å². The molecule has 0 unspecified atom stereocenters. The number of nitrogens with zero attached hydrogens (tertiary/aromatic N) is 1. The highest BCUT2D eigenvalue weighted by Crippen LogP contribution is 2.43. The van der Waals surface area contributed by atoms with Crippen LogP contribution in [0.4, 0.5) is 26.3 Å². The third kappa shape index (κ3) is 4.74. The minimum Gasteiger partial charge on any atom is -0.497 e. The number of halogens is 6. The van der Waals surface area contributed by atoms with Crippen LogP contribution in [0.5, 0.6) is 11.5 Å². The van der Waals surface area contributed by atoms with E-state index in [1.54, 1.807) is 29.8 Å². The Bertz CT molecular complexity index is 1770. The van der Waals surface area contributed by atoms with Gasteiger partial charge in [-0.1, -0.05) is 18.2 Å². The van der Waals surface area contributed by atoms with Crippen molar-refractivity contribution in [1.82, 2.24) is 4.57 Å². The van der Waals surface area contributed by atoms with Crippen LogP contribution < -0.4 is 9.47 Å². The van der Waals surface area contributed by atoms with Crippen LogP contribution in [-0.2, 0) is 33.1 Å². The summed E-state index contributed by atoms with van der Waals surface area (Å²) in [5.74, 6) is 0.775. The van der Waals surface area contributed by atoms with Crippen LogP contribution in [0.15, 0.2) is 54.6 Å². The number of hydrogen-bond donors (Lipinski definition) is 0. The van der Waals surface area contributed by atoms with Gasteiger partial charge in [-0.05, 0) is 53.1 Å². The van der Waals surface area contributed by atoms with Gasteiger partial charge in [-0.25, -0.2) is 16.8 Å². The average molecular weight is 610 g/mol. The fourth-order valence-corrected chi connectivity index (χ4v) is 7.96. The van der Waals surface area contributed by atoms with Gasteiger partial charge in [0.05, 0.1) is 14.2 Å². The van der Waals surface area contributed by atoms with E-state index in [2.05, 4.69) is 0 Å². The lowest BCUT2D eigenvalue weighted by Gasteiger charge is -2.22. The van der Waals surface area contributed by atoms with Crippen LogP contribution in [-0.4, -0.2) is 51.2 Å². The summed E-state index contributed by atoms with van der Waals surface area (Å²) in [6, 6.07) is 13.4. The second-order valence-corrected chi connectivity index (χ2v) is 13.3. The lowest BCUT2D eigenvalue weighted by molar-refractivity contribution is -0.0471. The Morgan fingerprint density at radius 2 is 1.25 bits per heavy atom. The number of aromatic nitrogens is 1. The molecule has 15 heteroatoms. The predicted molar refractivity (Wildman–Crippen MR) is 136 cm³/mol. The van der Waals surface area contributed by atoms with Crippen LogP contribution in [0, 0.1) is 0 Å². The van der Waals surface area contributed by atoms with Gasteiger partial charge in [0.15, 0.2) is 4.58 Å². The van der Waals surface area contributed by atoms with E-state index >= 15 is 0 Å². The zero-order valence-electron chi connectivity index (χ0n) is 21.0. The molecule has 1 heterocycles. The highest BCUT2D eigenvalue weighted by molar-refractivity contribution is 8.09. The van der Waals surface area contributed by atoms with Gasteiger partial charge in [-0.3, -0.25) is 0 Å². The Balaban J connectivity index is 2.12. The molecule has 216 valence electrons. The minimum absolute atomic E-state index is 0.0544. The molecule has 0 aliphatic heterocycles. The Morgan fingerprint density at radius 1 is 0.750 bits per heavy atom. The van der Waals surface area contributed by atoms with Crippen molar-refractivity contribution in [2.45, 2.75) is 22.0 Å². The number of sulfone groups is 2. The lowest BCUT2D eigenvalue weighted by atomic mass is 9.93. The number of hydrogen-bond acceptors (Lipinski definition) is 6. The van der Waals surface area contributed by atoms with E-state index in [1.807, 2.05) is 0 Å². The Morgan fingerprint density at radius 3 is 1.75 bits per heavy atom. The highest BCUT2D eigenvalue weighted by atomic mass is 32.3. The van der Waals surface area contributed by atoms with Crippen molar-refractivity contribution in [2.75, 3.05) is 14.2 Å². The summed E-state index contributed by atoms with van der Waals surface area (Å²) in [5, 5.41) is 0.824. The SMILES string of the molecule is COc1ccc(-c2c(CC(S(=O)(=O)C(F)(F)F)S(=O)(=O)C(F)(F)F)ccc3c2c2cc(OC)ccc2n3C)cc1. The molecule has 0 fully saturated rings. The van der Waals surface area contributed by atoms with Crippen LogP contribution >= 0.6 is 0 Å². The molecular weight excluding hydrogens is 588 g/mol. The van der Waals surface area contributed by atoms with Gasteiger partial charge in [0.1, 0.15) is 11.5 Å². The smallest absolute Gasteiger partial charge is 0.497 e. The van der Waals surface area contributed by atoms with E-state index in [0.717, 1.165) is 6.07 Å². The maximum absolute atomic E-state index is 13.5. The molecule has 0 aliphatic rings. The van der Waals surface area contributed by atoms with Crippen molar-refractivity contribution in [3.63, 3.8) is 0 Å². The molecule has 40 heavy (non-hydrogen) atoms. The molecule has 0 saturated heterocycles. The normalized spacial score (nSPS) is 13.3. The van der Waals surface area contributed by atoms with Gasteiger partial charge in [0.25, 0.3) is 19.7 Å². The molecule has 3 aromatic carbocycles. The highest BCUT2D eigenvalue weighted by Gasteiger charge is 2.62. The molecule has 0 aliphatic carbocycles. The van der Waals surface area contributed by atoms with E-state index in [-0.39, 0.29) is 16.7 Å². The molecule has 1 aromatic heterocycles. The number of fused-ring (bicyclic) bond motifs is 3. The molecule has 0 spiro atoms. The van der Waals surface area contributed by atoms with E-state index in [9.17, 15) is 43.2 Å². The van der Waals surface area contributed by atoms with Gasteiger partial charge in [0, 0.05) is 35.3 Å². The summed E-state index contributed by atoms with van der Waals surface area (Å²) in [5.41, 5.74) is -11.5. The Kier molecular flexibility index (Phi) is 7.28. The van der Waals surface area contributed by atoms with Crippen molar-refractivity contribution < 1.29 is 52.7 Å². The maximum Gasteiger partial charge on any atom is 0.498 e. The van der Waals surface area contributed by atoms with Gasteiger partial charge >= 0.3 is 11.0 Å². The number of alkyl halides is 6. The van der Waals surface area contributed by atoms with Crippen LogP contribution in [0.1, 0.15) is 5.56 Å². The monoisotopic (exact) mass is 609 g/mol. The van der Waals surface area contributed by atoms with Gasteiger partial charge in [-0.2, -0.15) is 26.3 Å². The molecule has 7 nitrogen and oxygen atoms in total. The topological polar surface area (TPSA) is 91.7 Å². The van der Waals surface area contributed by atoms with Crippen molar-refractivity contribution in [3.8, 4) is 22.6 Å². The van der Waals surface area contributed by atoms with Gasteiger partial charge in [-0.15, -0.1) is 0 Å². The van der Waals surface area contributed by atoms with Gasteiger partial charge < -0.3 is 14.0 Å². The summed E-state index contributed by atoms with van der Waals surface area (Å²) < 4.78 is 139. The molecule has 0 amide bonds. The number of methoxy groups -OCH3 is 2. The predicted octanol–water partition coefficient (Wildman–Crippen LogP) is 5.75. The van der Waals surface area contributed by atoms with Crippen LogP contribution in [0.25, 0.3) is 32.9 Å². The fourth-order valence-electron chi connectivity index (χ4n) is 4.57. The first-order valence-electron chi connectivity index (χ1n) is 11.3. The average Bonchev–Trinajstić information content (AvgIpc) is 3.16. The lowest BCUT2D eigenvalue weighted by Crippen LogP contribution is -2.46. The second kappa shape index (κ2) is 9.87. The van der Waals surface area contributed by atoms with Crippen molar-refractivity contribution in [1.29, 1.82) is 0 Å². The molecule has 0 saturated carbocycles. The number of ether oxygens (including phenoxy) is 2. The van der Waals surface area contributed by atoms with E-state index in [1.165, 1.54) is 44.6 Å². The number of benzene rings is 3.